The summed E-state index contributed by atoms with van der Waals surface area (Å²) in [6, 6.07) is 14.3. The van der Waals surface area contributed by atoms with Crippen LogP contribution in [0.2, 0.25) is 0 Å². The summed E-state index contributed by atoms with van der Waals surface area (Å²) in [5.41, 5.74) is 0.282. The van der Waals surface area contributed by atoms with Crippen molar-refractivity contribution in [2.45, 2.75) is 19.3 Å². The first kappa shape index (κ1) is 21.4. The first-order chi connectivity index (χ1) is 13.3. The van der Waals surface area contributed by atoms with Crippen LogP contribution >= 0.6 is 22.6 Å². The Morgan fingerprint density at radius 1 is 1.00 bits per heavy atom. The van der Waals surface area contributed by atoms with Gasteiger partial charge in [0.05, 0.1) is 3.57 Å². The number of carboxylic acid groups (broad SMARTS) is 2. The van der Waals surface area contributed by atoms with E-state index in [4.69, 9.17) is 9.84 Å². The molecule has 0 bridgehead atoms. The second-order valence-corrected chi connectivity index (χ2v) is 6.92. The van der Waals surface area contributed by atoms with Crippen LogP contribution in [-0.4, -0.2) is 28.1 Å². The second-order valence-electron chi connectivity index (χ2n) is 5.76. The van der Waals surface area contributed by atoms with Gasteiger partial charge in [-0.2, -0.15) is 0 Å². The first-order valence-corrected chi connectivity index (χ1v) is 9.42. The Morgan fingerprint density at radius 2 is 1.68 bits per heavy atom. The number of hydrogen-bond acceptors (Lipinski definition) is 4. The Kier molecular flexibility index (Phi) is 8.00. The molecule has 0 heterocycles. The molecule has 28 heavy (non-hydrogen) atoms. The third kappa shape index (κ3) is 7.03. The number of rotatable bonds is 9. The van der Waals surface area contributed by atoms with Gasteiger partial charge in [0, 0.05) is 12.8 Å². The monoisotopic (exact) mass is 495 g/mol. The predicted molar refractivity (Wildman–Crippen MR) is 111 cm³/mol. The van der Waals surface area contributed by atoms with E-state index >= 15 is 0 Å². The molecule has 0 spiro atoms. The average Bonchev–Trinajstić information content (AvgIpc) is 2.64. The number of carbonyl (C=O) groups excluding carboxylic acids is 1. The number of hydrogen-bond donors (Lipinski definition) is 3. The van der Waals surface area contributed by atoms with E-state index in [1.807, 2.05) is 24.3 Å². The van der Waals surface area contributed by atoms with Crippen molar-refractivity contribution in [1.82, 2.24) is 5.32 Å². The summed E-state index contributed by atoms with van der Waals surface area (Å²) >= 11 is 2.17. The molecule has 0 aliphatic rings. The lowest BCUT2D eigenvalue weighted by Crippen LogP contribution is -2.27. The molecular weight excluding hydrogens is 477 g/mol. The summed E-state index contributed by atoms with van der Waals surface area (Å²) in [4.78, 5) is 33.6. The van der Waals surface area contributed by atoms with Gasteiger partial charge in [0.2, 0.25) is 5.91 Å². The van der Waals surface area contributed by atoms with Crippen LogP contribution in [0.5, 0.6) is 11.5 Å². The lowest BCUT2D eigenvalue weighted by atomic mass is 10.1. The number of halogens is 1. The Bertz CT molecular complexity index is 892. The van der Waals surface area contributed by atoms with Crippen LogP contribution < -0.4 is 10.1 Å². The van der Waals surface area contributed by atoms with Gasteiger partial charge in [0.25, 0.3) is 0 Å². The van der Waals surface area contributed by atoms with Crippen molar-refractivity contribution in [2.75, 3.05) is 0 Å². The van der Waals surface area contributed by atoms with Gasteiger partial charge < -0.3 is 20.3 Å². The topological polar surface area (TPSA) is 113 Å². The zero-order valence-electron chi connectivity index (χ0n) is 14.7. The van der Waals surface area contributed by atoms with Gasteiger partial charge in [-0.3, -0.25) is 9.59 Å². The van der Waals surface area contributed by atoms with Gasteiger partial charge in [-0.25, -0.2) is 4.79 Å². The molecule has 0 aliphatic heterocycles. The van der Waals surface area contributed by atoms with E-state index in [-0.39, 0.29) is 25.0 Å². The molecule has 1 amide bonds. The molecule has 7 nitrogen and oxygen atoms in total. The number of carboxylic acids is 2. The number of carbonyl (C=O) groups is 3. The van der Waals surface area contributed by atoms with Crippen molar-refractivity contribution in [1.29, 1.82) is 0 Å². The average molecular weight is 495 g/mol. The summed E-state index contributed by atoms with van der Waals surface area (Å²) in [5.74, 6) is -1.53. The number of benzene rings is 2. The molecule has 8 heteroatoms. The molecule has 2 rings (SSSR count). The van der Waals surface area contributed by atoms with Crippen molar-refractivity contribution >= 4 is 46.5 Å². The quantitative estimate of drug-likeness (QED) is 0.360. The maximum absolute atomic E-state index is 11.8. The fraction of sp³-hybridized carbons (Fsp3) is 0.150. The molecule has 0 saturated carbocycles. The minimum absolute atomic E-state index is 0.0700. The van der Waals surface area contributed by atoms with Crippen LogP contribution in [0, 0.1) is 3.57 Å². The number of aliphatic carboxylic acids is 2. The van der Waals surface area contributed by atoms with Crippen LogP contribution in [0.1, 0.15) is 24.8 Å². The van der Waals surface area contributed by atoms with E-state index in [0.29, 0.717) is 17.1 Å². The molecule has 0 radical (unpaired) electrons. The number of ether oxygens (including phenoxy) is 1. The minimum atomic E-state index is -1.29. The van der Waals surface area contributed by atoms with Crippen molar-refractivity contribution in [2.24, 2.45) is 0 Å². The highest BCUT2D eigenvalue weighted by molar-refractivity contribution is 14.1. The lowest BCUT2D eigenvalue weighted by Gasteiger charge is -2.08. The molecule has 146 valence electrons. The number of amides is 1. The molecule has 0 unspecified atom stereocenters. The van der Waals surface area contributed by atoms with E-state index in [1.54, 1.807) is 24.3 Å². The van der Waals surface area contributed by atoms with Crippen molar-refractivity contribution in [3.05, 3.63) is 63.4 Å². The standard InChI is InChI=1S/C20H18INO6/c21-15-4-1-2-5-17(15)28-14-10-8-13(9-11-14)12-16(20(26)27)22-18(23)6-3-7-19(24)25/h1-2,4-5,8-12H,3,6-7H2,(H,22,23)(H,24,25)(H,26,27)/b16-12+. The zero-order valence-corrected chi connectivity index (χ0v) is 16.9. The molecule has 3 N–H and O–H groups in total. The van der Waals surface area contributed by atoms with Gasteiger partial charge in [-0.15, -0.1) is 0 Å². The highest BCUT2D eigenvalue weighted by Crippen LogP contribution is 2.26. The molecule has 0 aliphatic carbocycles. The van der Waals surface area contributed by atoms with Crippen molar-refractivity contribution < 1.29 is 29.3 Å². The number of para-hydroxylation sites is 1. The number of nitrogens with one attached hydrogen (secondary N) is 1. The highest BCUT2D eigenvalue weighted by atomic mass is 127. The Hall–Kier alpha value is -2.88. The van der Waals surface area contributed by atoms with Crippen LogP contribution in [0.15, 0.2) is 54.2 Å². The summed E-state index contributed by atoms with van der Waals surface area (Å²) in [6.45, 7) is 0. The molecule has 0 atom stereocenters. The predicted octanol–water partition coefficient (Wildman–Crippen LogP) is 3.88. The van der Waals surface area contributed by atoms with Gasteiger partial charge in [0.15, 0.2) is 0 Å². The van der Waals surface area contributed by atoms with Crippen LogP contribution in [-0.2, 0) is 14.4 Å². The normalized spacial score (nSPS) is 11.0. The Labute approximate surface area is 175 Å². The van der Waals surface area contributed by atoms with E-state index in [1.165, 1.54) is 6.08 Å². The molecule has 0 fully saturated rings. The smallest absolute Gasteiger partial charge is 0.352 e. The summed E-state index contributed by atoms with van der Waals surface area (Å²) in [7, 11) is 0. The maximum atomic E-state index is 11.8. The van der Waals surface area contributed by atoms with Gasteiger partial charge in [-0.05, 0) is 64.9 Å². The van der Waals surface area contributed by atoms with Crippen LogP contribution in [0.3, 0.4) is 0 Å². The van der Waals surface area contributed by atoms with E-state index in [2.05, 4.69) is 27.9 Å². The second kappa shape index (κ2) is 10.5. The van der Waals surface area contributed by atoms with Gasteiger partial charge in [-0.1, -0.05) is 24.3 Å². The third-order valence-electron chi connectivity index (χ3n) is 3.55. The van der Waals surface area contributed by atoms with Crippen molar-refractivity contribution in [3.8, 4) is 11.5 Å². The van der Waals surface area contributed by atoms with Gasteiger partial charge >= 0.3 is 11.9 Å². The Balaban J connectivity index is 2.04. The fourth-order valence-corrected chi connectivity index (χ4v) is 2.71. The Morgan fingerprint density at radius 3 is 2.29 bits per heavy atom. The van der Waals surface area contributed by atoms with Crippen LogP contribution in [0.4, 0.5) is 0 Å². The molecule has 0 saturated heterocycles. The van der Waals surface area contributed by atoms with Crippen LogP contribution in [0.25, 0.3) is 6.08 Å². The largest absolute Gasteiger partial charge is 0.481 e. The molecule has 0 aromatic heterocycles. The summed E-state index contributed by atoms with van der Waals surface area (Å²) in [6.07, 6.45) is 1.24. The summed E-state index contributed by atoms with van der Waals surface area (Å²) in [5, 5.41) is 20.1. The first-order valence-electron chi connectivity index (χ1n) is 8.34. The fourth-order valence-electron chi connectivity index (χ4n) is 2.22. The van der Waals surface area contributed by atoms with E-state index in [9.17, 15) is 19.5 Å². The minimum Gasteiger partial charge on any atom is -0.481 e. The third-order valence-corrected chi connectivity index (χ3v) is 4.45. The zero-order chi connectivity index (χ0) is 20.5. The maximum Gasteiger partial charge on any atom is 0.352 e. The lowest BCUT2D eigenvalue weighted by molar-refractivity contribution is -0.137. The van der Waals surface area contributed by atoms with E-state index in [0.717, 1.165) is 3.57 Å². The molecule has 2 aromatic rings. The molecular formula is C20H18INO6. The summed E-state index contributed by atoms with van der Waals surface area (Å²) < 4.78 is 6.74. The van der Waals surface area contributed by atoms with Crippen molar-refractivity contribution in [3.63, 3.8) is 0 Å². The highest BCUT2D eigenvalue weighted by Gasteiger charge is 2.12. The van der Waals surface area contributed by atoms with Gasteiger partial charge in [0.1, 0.15) is 17.2 Å². The van der Waals surface area contributed by atoms with E-state index < -0.39 is 17.8 Å². The SMILES string of the molecule is O=C(O)CCCC(=O)N/C(=C/c1ccc(Oc2ccccc2I)cc1)C(=O)O. The molecule has 2 aromatic carbocycles.